The normalized spacial score (nSPS) is 11.5. The maximum atomic E-state index is 4.06. The van der Waals surface area contributed by atoms with E-state index < -0.39 is 0 Å². The molecule has 0 aromatic carbocycles. The fourth-order valence-corrected chi connectivity index (χ4v) is 2.68. The maximum absolute atomic E-state index is 4.06. The Bertz CT molecular complexity index is 175. The molecule has 0 aliphatic rings. The largest absolute Gasteiger partial charge is 0.152 e. The lowest BCUT2D eigenvalue weighted by atomic mass is 10.0. The zero-order valence-corrected chi connectivity index (χ0v) is 14.1. The van der Waals surface area contributed by atoms with Crippen LogP contribution in [0.3, 0.4) is 0 Å². The molecule has 0 fully saturated rings. The van der Waals surface area contributed by atoms with E-state index in [1.807, 2.05) is 5.41 Å². The Labute approximate surface area is 127 Å². The van der Waals surface area contributed by atoms with E-state index in [2.05, 4.69) is 25.6 Å². The summed E-state index contributed by atoms with van der Waals surface area (Å²) in [5.74, 6) is 0. The Balaban J connectivity index is 2.91. The number of rotatable bonds is 15. The molecule has 0 aliphatic carbocycles. The lowest BCUT2D eigenvalue weighted by molar-refractivity contribution is 0.536. The second kappa shape index (κ2) is 18.1. The van der Waals surface area contributed by atoms with Crippen LogP contribution in [0.1, 0.15) is 103 Å². The van der Waals surface area contributed by atoms with Crippen LogP contribution in [0.5, 0.6) is 0 Å². The van der Waals surface area contributed by atoms with E-state index in [0.717, 1.165) is 0 Å². The van der Waals surface area contributed by atoms with E-state index >= 15 is 0 Å². The molecule has 0 atom stereocenters. The van der Waals surface area contributed by atoms with Gasteiger partial charge in [-0.1, -0.05) is 96.5 Å². The Morgan fingerprint density at radius 2 is 0.947 bits per heavy atom. The van der Waals surface area contributed by atoms with Crippen molar-refractivity contribution in [1.29, 1.82) is 0 Å². The quantitative estimate of drug-likeness (QED) is 0.237. The van der Waals surface area contributed by atoms with E-state index in [1.54, 1.807) is 0 Å². The summed E-state index contributed by atoms with van der Waals surface area (Å²) < 4.78 is 0. The minimum absolute atomic E-state index is 1.21. The predicted octanol–water partition coefficient (Wildman–Crippen LogP) is 7.30. The zero-order valence-electron chi connectivity index (χ0n) is 13.2. The van der Waals surface area contributed by atoms with Crippen molar-refractivity contribution in [2.75, 3.05) is 0 Å². The molecule has 0 saturated heterocycles. The van der Waals surface area contributed by atoms with Gasteiger partial charge in [0, 0.05) is 0 Å². The van der Waals surface area contributed by atoms with Crippen molar-refractivity contribution in [3.63, 3.8) is 0 Å². The second-order valence-electron chi connectivity index (χ2n) is 5.77. The molecule has 0 N–H and O–H groups in total. The van der Waals surface area contributed by atoms with Crippen LogP contribution in [0.15, 0.2) is 11.5 Å². The standard InChI is InChI=1S/C18H36S/c1-2-3-4-5-6-7-8-9-10-11-12-13-14-15-16-17-18-19/h17-19H,2-16H2,1H3. The lowest BCUT2D eigenvalue weighted by Crippen LogP contribution is -1.83. The highest BCUT2D eigenvalue weighted by molar-refractivity contribution is 7.83. The Hall–Kier alpha value is 0.0900. The molecule has 114 valence electrons. The van der Waals surface area contributed by atoms with Crippen LogP contribution in [0.2, 0.25) is 0 Å². The van der Waals surface area contributed by atoms with Crippen LogP contribution in [0.4, 0.5) is 0 Å². The number of allylic oxidation sites excluding steroid dienone is 1. The van der Waals surface area contributed by atoms with Crippen LogP contribution in [-0.2, 0) is 0 Å². The lowest BCUT2D eigenvalue weighted by Gasteiger charge is -2.02. The maximum Gasteiger partial charge on any atom is -0.0343 e. The predicted molar refractivity (Wildman–Crippen MR) is 93.1 cm³/mol. The zero-order chi connectivity index (χ0) is 14.0. The van der Waals surface area contributed by atoms with Crippen molar-refractivity contribution in [2.24, 2.45) is 0 Å². The van der Waals surface area contributed by atoms with Crippen molar-refractivity contribution in [1.82, 2.24) is 0 Å². The molecule has 0 aromatic heterocycles. The summed E-state index contributed by atoms with van der Waals surface area (Å²) in [7, 11) is 0. The van der Waals surface area contributed by atoms with Gasteiger partial charge in [-0.3, -0.25) is 0 Å². The number of hydrogen-bond acceptors (Lipinski definition) is 1. The molecule has 19 heavy (non-hydrogen) atoms. The van der Waals surface area contributed by atoms with Gasteiger partial charge in [0.25, 0.3) is 0 Å². The third kappa shape index (κ3) is 18.1. The molecule has 0 rings (SSSR count). The Morgan fingerprint density at radius 3 is 1.32 bits per heavy atom. The SMILES string of the molecule is CCCCCCCCCCCCCCCCC=CS. The van der Waals surface area contributed by atoms with Gasteiger partial charge in [0.1, 0.15) is 0 Å². The summed E-state index contributed by atoms with van der Waals surface area (Å²) in [5.41, 5.74) is 0. The summed E-state index contributed by atoms with van der Waals surface area (Å²) >= 11 is 4.06. The smallest absolute Gasteiger partial charge is 0.0343 e. The van der Waals surface area contributed by atoms with Gasteiger partial charge in [-0.15, -0.1) is 0 Å². The summed E-state index contributed by atoms with van der Waals surface area (Å²) in [6.07, 6.45) is 23.5. The van der Waals surface area contributed by atoms with Gasteiger partial charge in [0.2, 0.25) is 0 Å². The molecule has 0 radical (unpaired) electrons. The molecule has 1 heteroatoms. The van der Waals surface area contributed by atoms with Crippen molar-refractivity contribution in [2.45, 2.75) is 103 Å². The van der Waals surface area contributed by atoms with E-state index in [1.165, 1.54) is 96.3 Å². The average Bonchev–Trinajstić information content (AvgIpc) is 2.43. The molecule has 0 heterocycles. The molecular formula is C18H36S. The van der Waals surface area contributed by atoms with Gasteiger partial charge in [0.05, 0.1) is 0 Å². The Kier molecular flexibility index (Phi) is 18.2. The molecule has 0 amide bonds. The topological polar surface area (TPSA) is 0 Å². The molecule has 0 bridgehead atoms. The summed E-state index contributed by atoms with van der Waals surface area (Å²) in [6.45, 7) is 2.29. The number of unbranched alkanes of at least 4 members (excludes halogenated alkanes) is 14. The highest BCUT2D eigenvalue weighted by Crippen LogP contribution is 2.13. The molecule has 0 saturated carbocycles. The van der Waals surface area contributed by atoms with E-state index in [0.29, 0.717) is 0 Å². The molecular weight excluding hydrogens is 248 g/mol. The fraction of sp³-hybridized carbons (Fsp3) is 0.889. The third-order valence-electron chi connectivity index (χ3n) is 3.83. The minimum atomic E-state index is 1.21. The first kappa shape index (κ1) is 19.1. The highest BCUT2D eigenvalue weighted by atomic mass is 32.1. The van der Waals surface area contributed by atoms with E-state index in [4.69, 9.17) is 0 Å². The minimum Gasteiger partial charge on any atom is -0.152 e. The van der Waals surface area contributed by atoms with Crippen LogP contribution in [0, 0.1) is 0 Å². The molecule has 0 unspecified atom stereocenters. The van der Waals surface area contributed by atoms with Crippen molar-refractivity contribution < 1.29 is 0 Å². The van der Waals surface area contributed by atoms with Gasteiger partial charge < -0.3 is 0 Å². The molecule has 0 aromatic rings. The summed E-state index contributed by atoms with van der Waals surface area (Å²) in [6, 6.07) is 0. The van der Waals surface area contributed by atoms with Crippen LogP contribution >= 0.6 is 12.6 Å². The number of hydrogen-bond donors (Lipinski definition) is 1. The van der Waals surface area contributed by atoms with Crippen LogP contribution in [0.25, 0.3) is 0 Å². The van der Waals surface area contributed by atoms with Crippen molar-refractivity contribution in [3.8, 4) is 0 Å². The van der Waals surface area contributed by atoms with Gasteiger partial charge in [-0.05, 0) is 18.2 Å². The van der Waals surface area contributed by atoms with Crippen molar-refractivity contribution >= 4 is 12.6 Å². The summed E-state index contributed by atoms with van der Waals surface area (Å²) in [4.78, 5) is 0. The van der Waals surface area contributed by atoms with Gasteiger partial charge in [-0.25, -0.2) is 0 Å². The molecule has 0 aliphatic heterocycles. The molecule has 0 spiro atoms. The van der Waals surface area contributed by atoms with Gasteiger partial charge in [0.15, 0.2) is 0 Å². The average molecular weight is 285 g/mol. The van der Waals surface area contributed by atoms with E-state index in [9.17, 15) is 0 Å². The summed E-state index contributed by atoms with van der Waals surface area (Å²) in [5, 5.41) is 1.86. The first-order valence-corrected chi connectivity index (χ1v) is 9.22. The van der Waals surface area contributed by atoms with Gasteiger partial charge in [-0.2, -0.15) is 12.6 Å². The third-order valence-corrected chi connectivity index (χ3v) is 4.04. The van der Waals surface area contributed by atoms with Crippen LogP contribution in [-0.4, -0.2) is 0 Å². The van der Waals surface area contributed by atoms with Gasteiger partial charge >= 0.3 is 0 Å². The fourth-order valence-electron chi connectivity index (χ4n) is 2.53. The molecule has 0 nitrogen and oxygen atoms in total. The Morgan fingerprint density at radius 1 is 0.579 bits per heavy atom. The first-order valence-electron chi connectivity index (χ1n) is 8.71. The monoisotopic (exact) mass is 284 g/mol. The number of thiol groups is 1. The second-order valence-corrected chi connectivity index (χ2v) is 6.07. The first-order chi connectivity index (χ1) is 9.41. The van der Waals surface area contributed by atoms with Crippen LogP contribution < -0.4 is 0 Å². The van der Waals surface area contributed by atoms with E-state index in [-0.39, 0.29) is 0 Å². The highest BCUT2D eigenvalue weighted by Gasteiger charge is 1.93. The van der Waals surface area contributed by atoms with Crippen molar-refractivity contribution in [3.05, 3.63) is 11.5 Å².